The maximum absolute atomic E-state index is 12.7. The van der Waals surface area contributed by atoms with Gasteiger partial charge in [-0.15, -0.1) is 0 Å². The Morgan fingerprint density at radius 2 is 1.89 bits per heavy atom. The van der Waals surface area contributed by atoms with Crippen LogP contribution in [0.25, 0.3) is 5.70 Å². The zero-order chi connectivity index (χ0) is 19.6. The Morgan fingerprint density at radius 3 is 2.61 bits per heavy atom. The third-order valence-electron chi connectivity index (χ3n) is 5.46. The number of carbonyl (C=O) groups is 1. The summed E-state index contributed by atoms with van der Waals surface area (Å²) in [5.74, 6) is 0. The van der Waals surface area contributed by atoms with Crippen molar-refractivity contribution in [2.24, 2.45) is 0 Å². The van der Waals surface area contributed by atoms with Gasteiger partial charge in [0.15, 0.2) is 0 Å². The number of nitrogens with zero attached hydrogens (tertiary/aromatic N) is 1. The summed E-state index contributed by atoms with van der Waals surface area (Å²) >= 11 is 5.97. The highest BCUT2D eigenvalue weighted by Gasteiger charge is 2.39. The molecule has 2 amide bonds. The zero-order valence-corrected chi connectivity index (χ0v) is 16.6. The highest BCUT2D eigenvalue weighted by atomic mass is 35.5. The molecule has 2 aromatic carbocycles. The van der Waals surface area contributed by atoms with Gasteiger partial charge in [0.05, 0.1) is 5.70 Å². The molecule has 0 atom stereocenters. The van der Waals surface area contributed by atoms with Crippen molar-refractivity contribution < 1.29 is 9.63 Å². The Bertz CT molecular complexity index is 887. The second-order valence-corrected chi connectivity index (χ2v) is 7.70. The maximum atomic E-state index is 12.7. The van der Waals surface area contributed by atoms with Crippen LogP contribution in [-0.4, -0.2) is 29.6 Å². The van der Waals surface area contributed by atoms with Gasteiger partial charge in [-0.2, -0.15) is 0 Å². The van der Waals surface area contributed by atoms with Crippen molar-refractivity contribution in [1.82, 2.24) is 10.4 Å². The highest BCUT2D eigenvalue weighted by Crippen LogP contribution is 2.35. The quantitative estimate of drug-likeness (QED) is 0.778. The van der Waals surface area contributed by atoms with E-state index in [9.17, 15) is 4.79 Å². The first-order valence-corrected chi connectivity index (χ1v) is 10.0. The standard InChI is InChI=1S/C22H24ClN3O2/c1-2-16-5-3-4-6-19(16)24-21(27)26-13-11-22(12-14-26)15-20(25-28-22)17-7-9-18(23)10-8-17/h3-10,15,25H,2,11-14H2,1H3,(H,24,27). The highest BCUT2D eigenvalue weighted by molar-refractivity contribution is 6.30. The van der Waals surface area contributed by atoms with Gasteiger partial charge in [0.2, 0.25) is 0 Å². The lowest BCUT2D eigenvalue weighted by atomic mass is 9.90. The van der Waals surface area contributed by atoms with E-state index in [1.165, 1.54) is 0 Å². The number of hydrogen-bond donors (Lipinski definition) is 2. The van der Waals surface area contributed by atoms with Crippen molar-refractivity contribution in [2.75, 3.05) is 18.4 Å². The first-order valence-electron chi connectivity index (χ1n) is 9.65. The van der Waals surface area contributed by atoms with Crippen LogP contribution in [0, 0.1) is 0 Å². The van der Waals surface area contributed by atoms with Crippen molar-refractivity contribution >= 4 is 29.0 Å². The molecule has 1 saturated heterocycles. The van der Waals surface area contributed by atoms with E-state index in [0.29, 0.717) is 18.1 Å². The Kier molecular flexibility index (Phi) is 5.29. The summed E-state index contributed by atoms with van der Waals surface area (Å²) in [5.41, 5.74) is 6.70. The predicted octanol–water partition coefficient (Wildman–Crippen LogP) is 4.84. The molecular weight excluding hydrogens is 374 g/mol. The Morgan fingerprint density at radius 1 is 1.18 bits per heavy atom. The molecule has 146 valence electrons. The van der Waals surface area contributed by atoms with E-state index in [0.717, 1.165) is 41.8 Å². The van der Waals surface area contributed by atoms with Crippen LogP contribution in [0.4, 0.5) is 10.5 Å². The molecule has 28 heavy (non-hydrogen) atoms. The molecule has 4 rings (SSSR count). The fourth-order valence-electron chi connectivity index (χ4n) is 3.73. The average Bonchev–Trinajstić information content (AvgIpc) is 3.13. The number of amides is 2. The third kappa shape index (κ3) is 3.86. The number of carbonyl (C=O) groups excluding carboxylic acids is 1. The number of urea groups is 1. The van der Waals surface area contributed by atoms with Crippen LogP contribution in [0.15, 0.2) is 54.6 Å². The van der Waals surface area contributed by atoms with Gasteiger partial charge in [0.25, 0.3) is 0 Å². The number of anilines is 1. The molecule has 2 N–H and O–H groups in total. The molecule has 0 unspecified atom stereocenters. The van der Waals surface area contributed by atoms with E-state index in [2.05, 4.69) is 23.8 Å². The number of rotatable bonds is 3. The van der Waals surface area contributed by atoms with Gasteiger partial charge in [0.1, 0.15) is 5.60 Å². The summed E-state index contributed by atoms with van der Waals surface area (Å²) in [6.07, 6.45) is 4.52. The van der Waals surface area contributed by atoms with Crippen LogP contribution in [0.1, 0.15) is 30.9 Å². The average molecular weight is 398 g/mol. The maximum Gasteiger partial charge on any atom is 0.321 e. The number of halogens is 1. The van der Waals surface area contributed by atoms with Crippen LogP contribution in [0.5, 0.6) is 0 Å². The summed E-state index contributed by atoms with van der Waals surface area (Å²) in [6, 6.07) is 15.6. The van der Waals surface area contributed by atoms with Crippen LogP contribution >= 0.6 is 11.6 Å². The molecule has 0 radical (unpaired) electrons. The molecule has 0 saturated carbocycles. The predicted molar refractivity (Wildman–Crippen MR) is 112 cm³/mol. The van der Waals surface area contributed by atoms with Gasteiger partial charge >= 0.3 is 6.03 Å². The lowest BCUT2D eigenvalue weighted by Gasteiger charge is -2.36. The van der Waals surface area contributed by atoms with Crippen molar-refractivity contribution in [3.05, 3.63) is 70.8 Å². The third-order valence-corrected chi connectivity index (χ3v) is 5.72. The summed E-state index contributed by atoms with van der Waals surface area (Å²) in [5, 5.41) is 3.76. The Balaban J connectivity index is 1.39. The molecule has 2 aliphatic rings. The topological polar surface area (TPSA) is 53.6 Å². The Labute approximate surface area is 170 Å². The van der Waals surface area contributed by atoms with E-state index >= 15 is 0 Å². The molecule has 0 aliphatic carbocycles. The van der Waals surface area contributed by atoms with E-state index in [-0.39, 0.29) is 11.6 Å². The van der Waals surface area contributed by atoms with Crippen molar-refractivity contribution in [3.8, 4) is 0 Å². The number of benzene rings is 2. The minimum Gasteiger partial charge on any atom is -0.324 e. The van der Waals surface area contributed by atoms with Crippen molar-refractivity contribution in [1.29, 1.82) is 0 Å². The molecular formula is C22H24ClN3O2. The minimum atomic E-state index is -0.368. The van der Waals surface area contributed by atoms with E-state index in [1.54, 1.807) is 0 Å². The molecule has 1 spiro atoms. The van der Waals surface area contributed by atoms with Gasteiger partial charge in [-0.1, -0.05) is 48.9 Å². The number of hydroxylamine groups is 1. The molecule has 0 aromatic heterocycles. The van der Waals surface area contributed by atoms with Crippen LogP contribution < -0.4 is 10.8 Å². The molecule has 2 aromatic rings. The lowest BCUT2D eigenvalue weighted by Crippen LogP contribution is -2.48. The molecule has 2 heterocycles. The number of aryl methyl sites for hydroxylation is 1. The fourth-order valence-corrected chi connectivity index (χ4v) is 3.86. The number of piperidine rings is 1. The fraction of sp³-hybridized carbons (Fsp3) is 0.318. The smallest absolute Gasteiger partial charge is 0.321 e. The number of hydrogen-bond acceptors (Lipinski definition) is 3. The summed E-state index contributed by atoms with van der Waals surface area (Å²) in [6.45, 7) is 3.38. The van der Waals surface area contributed by atoms with Gasteiger partial charge < -0.3 is 10.2 Å². The van der Waals surface area contributed by atoms with Gasteiger partial charge in [-0.25, -0.2) is 4.79 Å². The van der Waals surface area contributed by atoms with Gasteiger partial charge in [-0.3, -0.25) is 10.3 Å². The molecule has 1 fully saturated rings. The molecule has 6 heteroatoms. The van der Waals surface area contributed by atoms with Crippen LogP contribution in [-0.2, 0) is 11.3 Å². The van der Waals surface area contributed by atoms with Gasteiger partial charge in [0, 0.05) is 36.6 Å². The zero-order valence-electron chi connectivity index (χ0n) is 15.9. The number of likely N-dealkylation sites (tertiary alicyclic amines) is 1. The second kappa shape index (κ2) is 7.86. The second-order valence-electron chi connectivity index (χ2n) is 7.26. The lowest BCUT2D eigenvalue weighted by molar-refractivity contribution is -0.0634. The summed E-state index contributed by atoms with van der Waals surface area (Å²) in [7, 11) is 0. The van der Waals surface area contributed by atoms with E-state index in [4.69, 9.17) is 16.4 Å². The first kappa shape index (κ1) is 18.8. The Hall–Kier alpha value is -2.50. The summed E-state index contributed by atoms with van der Waals surface area (Å²) in [4.78, 5) is 20.5. The minimum absolute atomic E-state index is 0.0522. The van der Waals surface area contributed by atoms with Crippen LogP contribution in [0.2, 0.25) is 5.02 Å². The van der Waals surface area contributed by atoms with E-state index in [1.807, 2.05) is 53.4 Å². The molecule has 5 nitrogen and oxygen atoms in total. The monoisotopic (exact) mass is 397 g/mol. The van der Waals surface area contributed by atoms with Crippen molar-refractivity contribution in [3.63, 3.8) is 0 Å². The molecule has 0 bridgehead atoms. The first-order chi connectivity index (χ1) is 13.6. The number of para-hydroxylation sites is 1. The SMILES string of the molecule is CCc1ccccc1NC(=O)N1CCC2(C=C(c3ccc(Cl)cc3)NO2)CC1. The van der Waals surface area contributed by atoms with E-state index < -0.39 is 0 Å². The largest absolute Gasteiger partial charge is 0.324 e. The normalized spacial score (nSPS) is 17.9. The van der Waals surface area contributed by atoms with Crippen LogP contribution in [0.3, 0.4) is 0 Å². The molecule has 2 aliphatic heterocycles. The summed E-state index contributed by atoms with van der Waals surface area (Å²) < 4.78 is 0. The number of nitrogens with one attached hydrogen (secondary N) is 2. The van der Waals surface area contributed by atoms with Crippen molar-refractivity contribution in [2.45, 2.75) is 31.8 Å². The van der Waals surface area contributed by atoms with Gasteiger partial charge in [-0.05, 0) is 41.8 Å².